The van der Waals surface area contributed by atoms with E-state index in [1.165, 1.54) is 24.8 Å². The predicted molar refractivity (Wildman–Crippen MR) is 104 cm³/mol. The third kappa shape index (κ3) is 9.27. The number of carbonyl (C=O) groups is 4. The van der Waals surface area contributed by atoms with E-state index in [0.29, 0.717) is 0 Å². The molecule has 1 N–H and O–H groups in total. The monoisotopic (exact) mass is 434 g/mol. The van der Waals surface area contributed by atoms with Gasteiger partial charge in [0.1, 0.15) is 5.60 Å². The van der Waals surface area contributed by atoms with Crippen molar-refractivity contribution in [2.24, 2.45) is 5.92 Å². The molecule has 0 aromatic heterocycles. The molecule has 0 amide bonds. The molecule has 1 fully saturated rings. The van der Waals surface area contributed by atoms with Crippen LogP contribution >= 0.6 is 0 Å². The molecule has 9 heteroatoms. The van der Waals surface area contributed by atoms with Crippen LogP contribution in [0.5, 0.6) is 0 Å². The topological polar surface area (TPSA) is 161 Å². The van der Waals surface area contributed by atoms with Gasteiger partial charge in [0.05, 0.1) is 5.97 Å². The Morgan fingerprint density at radius 1 is 0.968 bits per heavy atom. The van der Waals surface area contributed by atoms with Crippen LogP contribution in [-0.2, 0) is 14.4 Å². The first-order valence-electron chi connectivity index (χ1n) is 10.1. The highest BCUT2D eigenvalue weighted by atomic mass is 16.4. The number of aliphatic hydroxyl groups is 1. The lowest BCUT2D eigenvalue weighted by Crippen LogP contribution is -2.54. The van der Waals surface area contributed by atoms with E-state index in [1.807, 2.05) is 31.2 Å². The molecule has 172 valence electrons. The molecule has 0 radical (unpaired) electrons. The van der Waals surface area contributed by atoms with E-state index in [4.69, 9.17) is 5.11 Å². The Balaban J connectivity index is 0.000000330. The average molecular weight is 434 g/mol. The Morgan fingerprint density at radius 3 is 1.87 bits per heavy atom. The molecule has 1 heterocycles. The molecule has 0 bridgehead atoms. The summed E-state index contributed by atoms with van der Waals surface area (Å²) in [5.41, 5.74) is -0.919. The quantitative estimate of drug-likeness (QED) is 0.435. The van der Waals surface area contributed by atoms with Gasteiger partial charge < -0.3 is 39.7 Å². The zero-order chi connectivity index (χ0) is 23.6. The van der Waals surface area contributed by atoms with Gasteiger partial charge in [-0.25, -0.2) is 0 Å². The molecular formula is C22H28NO8-3. The van der Waals surface area contributed by atoms with Gasteiger partial charge in [-0.05, 0) is 32.9 Å². The fraction of sp³-hybridized carbons (Fsp3) is 0.545. The van der Waals surface area contributed by atoms with E-state index in [0.717, 1.165) is 25.2 Å². The van der Waals surface area contributed by atoms with Crippen molar-refractivity contribution in [3.63, 3.8) is 0 Å². The van der Waals surface area contributed by atoms with Gasteiger partial charge in [0.2, 0.25) is 0 Å². The lowest BCUT2D eigenvalue weighted by Gasteiger charge is -2.29. The Kier molecular flexibility index (Phi) is 10.3. The summed E-state index contributed by atoms with van der Waals surface area (Å²) in [5.74, 6) is -5.60. The van der Waals surface area contributed by atoms with Crippen molar-refractivity contribution in [2.45, 2.75) is 51.6 Å². The fourth-order valence-electron chi connectivity index (χ4n) is 3.30. The number of hydrogen-bond acceptors (Lipinski definition) is 9. The molecule has 1 aromatic carbocycles. The van der Waals surface area contributed by atoms with Gasteiger partial charge in [-0.15, -0.1) is 0 Å². The summed E-state index contributed by atoms with van der Waals surface area (Å²) in [4.78, 5) is 44.7. The number of nitrogens with zero attached hydrogens (tertiary/aromatic N) is 1. The van der Waals surface area contributed by atoms with E-state index in [9.17, 15) is 34.5 Å². The average Bonchev–Trinajstić information content (AvgIpc) is 2.68. The molecule has 9 nitrogen and oxygen atoms in total. The van der Waals surface area contributed by atoms with E-state index in [-0.39, 0.29) is 11.7 Å². The van der Waals surface area contributed by atoms with Gasteiger partial charge in [-0.1, -0.05) is 43.2 Å². The summed E-state index contributed by atoms with van der Waals surface area (Å²) < 4.78 is 0. The predicted octanol–water partition coefficient (Wildman–Crippen LogP) is -1.95. The highest BCUT2D eigenvalue weighted by Gasteiger charge is 2.29. The summed E-state index contributed by atoms with van der Waals surface area (Å²) in [6.07, 6.45) is 1.19. The molecular weight excluding hydrogens is 406 g/mol. The lowest BCUT2D eigenvalue weighted by molar-refractivity contribution is -0.339. The standard InChI is InChI=1S/C16H23NO.C6H8O7/c1-13-6-8-15(9-7-13)16(18)14(2)12-17-10-4-3-5-11-17;7-3(8)1-6(13,5(11)12)2-4(9)10/h6-9,14H,3-5,10-12H2,1-2H3;13H,1-2H2,(H,7,8)(H,9,10)(H,11,12)/p-3. The van der Waals surface area contributed by atoms with Crippen LogP contribution in [-0.4, -0.2) is 58.9 Å². The molecule has 1 aliphatic heterocycles. The van der Waals surface area contributed by atoms with E-state index in [1.54, 1.807) is 0 Å². The minimum atomic E-state index is -2.97. The van der Waals surface area contributed by atoms with Crippen molar-refractivity contribution in [1.29, 1.82) is 0 Å². The van der Waals surface area contributed by atoms with Gasteiger partial charge in [-0.3, -0.25) is 4.79 Å². The van der Waals surface area contributed by atoms with Crippen LogP contribution in [0.1, 0.15) is 54.9 Å². The molecule has 1 saturated heterocycles. The number of carboxylic acid groups (broad SMARTS) is 3. The van der Waals surface area contributed by atoms with Crippen molar-refractivity contribution in [3.8, 4) is 0 Å². The van der Waals surface area contributed by atoms with Crippen LogP contribution in [0.25, 0.3) is 0 Å². The van der Waals surface area contributed by atoms with Crippen molar-refractivity contribution < 1.29 is 39.6 Å². The van der Waals surface area contributed by atoms with E-state index < -0.39 is 36.4 Å². The second-order valence-electron chi connectivity index (χ2n) is 7.91. The smallest absolute Gasteiger partial charge is 0.166 e. The van der Waals surface area contributed by atoms with Crippen LogP contribution in [0.3, 0.4) is 0 Å². The molecule has 1 aromatic rings. The number of likely N-dealkylation sites (tertiary alicyclic amines) is 1. The molecule has 1 aliphatic rings. The highest BCUT2D eigenvalue weighted by Crippen LogP contribution is 2.15. The van der Waals surface area contributed by atoms with Gasteiger partial charge in [-0.2, -0.15) is 0 Å². The maximum absolute atomic E-state index is 12.3. The molecule has 1 unspecified atom stereocenters. The molecule has 1 atom stereocenters. The number of hydrogen-bond donors (Lipinski definition) is 1. The number of aliphatic carboxylic acids is 3. The highest BCUT2D eigenvalue weighted by molar-refractivity contribution is 5.97. The third-order valence-corrected chi connectivity index (χ3v) is 5.02. The molecule has 0 spiro atoms. The SMILES string of the molecule is Cc1ccc(C(=O)C(C)CN2CCCCC2)cc1.O=C([O-])CC(O)(CC(=O)[O-])C(=O)[O-]. The Hall–Kier alpha value is -2.78. The number of ketones is 1. The third-order valence-electron chi connectivity index (χ3n) is 5.02. The molecule has 0 saturated carbocycles. The summed E-state index contributed by atoms with van der Waals surface area (Å²) in [6.45, 7) is 7.33. The number of Topliss-reactive ketones (excluding diaryl/α,β-unsaturated/α-hetero) is 1. The first-order chi connectivity index (χ1) is 14.4. The normalized spacial score (nSPS) is 15.3. The molecule has 31 heavy (non-hydrogen) atoms. The zero-order valence-electron chi connectivity index (χ0n) is 17.8. The molecule has 0 aliphatic carbocycles. The first-order valence-corrected chi connectivity index (χ1v) is 10.1. The summed E-state index contributed by atoms with van der Waals surface area (Å²) in [5, 5.41) is 38.9. The fourth-order valence-corrected chi connectivity index (χ4v) is 3.30. The summed E-state index contributed by atoms with van der Waals surface area (Å²) >= 11 is 0. The van der Waals surface area contributed by atoms with Crippen molar-refractivity contribution >= 4 is 23.7 Å². The maximum atomic E-state index is 12.3. The van der Waals surface area contributed by atoms with Crippen LogP contribution in [0, 0.1) is 12.8 Å². The largest absolute Gasteiger partial charge is 0.550 e. The minimum Gasteiger partial charge on any atom is -0.550 e. The summed E-state index contributed by atoms with van der Waals surface area (Å²) in [7, 11) is 0. The van der Waals surface area contributed by atoms with Crippen molar-refractivity contribution in [3.05, 3.63) is 35.4 Å². The Labute approximate surface area is 181 Å². The maximum Gasteiger partial charge on any atom is 0.166 e. The van der Waals surface area contributed by atoms with Crippen LogP contribution in [0.4, 0.5) is 0 Å². The van der Waals surface area contributed by atoms with Gasteiger partial charge >= 0.3 is 0 Å². The second kappa shape index (κ2) is 12.2. The number of carbonyl (C=O) groups excluding carboxylic acids is 4. The number of piperidine rings is 1. The van der Waals surface area contributed by atoms with E-state index in [2.05, 4.69) is 11.8 Å². The minimum absolute atomic E-state index is 0.103. The van der Waals surface area contributed by atoms with Gasteiger partial charge in [0.15, 0.2) is 5.78 Å². The summed E-state index contributed by atoms with van der Waals surface area (Å²) in [6, 6.07) is 7.93. The lowest BCUT2D eigenvalue weighted by atomic mass is 9.96. The second-order valence-corrected chi connectivity index (χ2v) is 7.91. The van der Waals surface area contributed by atoms with Crippen LogP contribution in [0.2, 0.25) is 0 Å². The first kappa shape index (κ1) is 26.3. The van der Waals surface area contributed by atoms with Gasteiger partial charge in [0, 0.05) is 42.8 Å². The number of rotatable bonds is 9. The van der Waals surface area contributed by atoms with Crippen LogP contribution in [0.15, 0.2) is 24.3 Å². The number of carboxylic acids is 3. The van der Waals surface area contributed by atoms with E-state index >= 15 is 0 Å². The Morgan fingerprint density at radius 2 is 1.45 bits per heavy atom. The molecule has 2 rings (SSSR count). The van der Waals surface area contributed by atoms with Gasteiger partial charge in [0.25, 0.3) is 0 Å². The number of benzene rings is 1. The Bertz CT molecular complexity index is 752. The van der Waals surface area contributed by atoms with Crippen molar-refractivity contribution in [1.82, 2.24) is 4.90 Å². The van der Waals surface area contributed by atoms with Crippen LogP contribution < -0.4 is 15.3 Å². The van der Waals surface area contributed by atoms with Crippen molar-refractivity contribution in [2.75, 3.05) is 19.6 Å². The number of aryl methyl sites for hydroxylation is 1. The zero-order valence-corrected chi connectivity index (χ0v) is 17.8.